The molecule has 0 amide bonds. The van der Waals surface area contributed by atoms with Gasteiger partial charge in [0.1, 0.15) is 0 Å². The van der Waals surface area contributed by atoms with Crippen molar-refractivity contribution in [2.24, 2.45) is 0 Å². The minimum atomic E-state index is -1.11. The van der Waals surface area contributed by atoms with E-state index in [2.05, 4.69) is 6.58 Å². The predicted molar refractivity (Wildman–Crippen MR) is 52.4 cm³/mol. The Kier molecular flexibility index (Phi) is 4.10. The van der Waals surface area contributed by atoms with Crippen molar-refractivity contribution in [2.75, 3.05) is 0 Å². The van der Waals surface area contributed by atoms with E-state index in [0.717, 1.165) is 0 Å². The summed E-state index contributed by atoms with van der Waals surface area (Å²) >= 11 is 0. The first-order valence-electron chi connectivity index (χ1n) is 4.45. The molecule has 78 valence electrons. The maximum atomic E-state index is 9.53. The minimum absolute atomic E-state index is 0.350. The van der Waals surface area contributed by atoms with Gasteiger partial charge in [-0.3, -0.25) is 0 Å². The second-order valence-electron chi connectivity index (χ2n) is 4.27. The molecule has 0 fully saturated rings. The Hall–Kier alpha value is -0.380. The summed E-state index contributed by atoms with van der Waals surface area (Å²) in [6.45, 7) is 8.18. The molecule has 3 nitrogen and oxygen atoms in total. The van der Waals surface area contributed by atoms with Gasteiger partial charge in [0.2, 0.25) is 0 Å². The van der Waals surface area contributed by atoms with Gasteiger partial charge in [0, 0.05) is 0 Å². The van der Waals surface area contributed by atoms with Gasteiger partial charge in [-0.15, -0.1) is 6.58 Å². The van der Waals surface area contributed by atoms with Gasteiger partial charge in [0.05, 0.1) is 17.3 Å². The first kappa shape index (κ1) is 12.6. The van der Waals surface area contributed by atoms with Gasteiger partial charge in [-0.1, -0.05) is 6.08 Å². The highest BCUT2D eigenvalue weighted by Gasteiger charge is 2.26. The highest BCUT2D eigenvalue weighted by Crippen LogP contribution is 2.19. The molecular formula is C10H20O3. The van der Waals surface area contributed by atoms with E-state index in [1.165, 1.54) is 6.08 Å². The topological polar surface area (TPSA) is 60.7 Å². The molecule has 3 heteroatoms. The van der Waals surface area contributed by atoms with Crippen molar-refractivity contribution in [3.63, 3.8) is 0 Å². The van der Waals surface area contributed by atoms with Crippen molar-refractivity contribution in [2.45, 2.75) is 50.9 Å². The minimum Gasteiger partial charge on any atom is -0.390 e. The molecule has 0 heterocycles. The maximum Gasteiger partial charge on any atom is 0.0849 e. The van der Waals surface area contributed by atoms with Gasteiger partial charge in [-0.05, 0) is 33.6 Å². The summed E-state index contributed by atoms with van der Waals surface area (Å²) in [4.78, 5) is 0. The number of hydrogen-bond donors (Lipinski definition) is 3. The van der Waals surface area contributed by atoms with Crippen LogP contribution in [0.4, 0.5) is 0 Å². The molecule has 0 rings (SSSR count). The zero-order valence-electron chi connectivity index (χ0n) is 8.62. The fourth-order valence-corrected chi connectivity index (χ4v) is 0.884. The zero-order chi connectivity index (χ0) is 10.7. The molecule has 0 saturated heterocycles. The van der Waals surface area contributed by atoms with Crippen molar-refractivity contribution < 1.29 is 15.3 Å². The Labute approximate surface area is 79.7 Å². The zero-order valence-corrected chi connectivity index (χ0v) is 8.62. The third-order valence-electron chi connectivity index (χ3n) is 2.18. The van der Waals surface area contributed by atoms with Crippen LogP contribution in [-0.4, -0.2) is 32.6 Å². The third-order valence-corrected chi connectivity index (χ3v) is 2.18. The highest BCUT2D eigenvalue weighted by molar-refractivity contribution is 4.92. The van der Waals surface area contributed by atoms with Gasteiger partial charge >= 0.3 is 0 Å². The van der Waals surface area contributed by atoms with E-state index < -0.39 is 17.3 Å². The first-order valence-corrected chi connectivity index (χ1v) is 4.45. The Morgan fingerprint density at radius 1 is 1.31 bits per heavy atom. The third kappa shape index (κ3) is 5.03. The van der Waals surface area contributed by atoms with Crippen molar-refractivity contribution in [1.29, 1.82) is 0 Å². The lowest BCUT2D eigenvalue weighted by atomic mass is 9.92. The molecule has 0 aromatic carbocycles. The quantitative estimate of drug-likeness (QED) is 0.560. The lowest BCUT2D eigenvalue weighted by Gasteiger charge is -2.27. The summed E-state index contributed by atoms with van der Waals surface area (Å²) in [7, 11) is 0. The highest BCUT2D eigenvalue weighted by atomic mass is 16.3. The summed E-state index contributed by atoms with van der Waals surface area (Å²) in [5.74, 6) is 0. The molecule has 0 saturated carbocycles. The number of aliphatic hydroxyl groups is 3. The van der Waals surface area contributed by atoms with E-state index in [9.17, 15) is 15.3 Å². The van der Waals surface area contributed by atoms with E-state index in [4.69, 9.17) is 0 Å². The molecule has 0 aromatic heterocycles. The number of hydrogen-bond acceptors (Lipinski definition) is 3. The fraction of sp³-hybridized carbons (Fsp3) is 0.800. The molecule has 0 bridgehead atoms. The Morgan fingerprint density at radius 3 is 2.08 bits per heavy atom. The summed E-state index contributed by atoms with van der Waals surface area (Å²) in [6.07, 6.45) is 1.35. The van der Waals surface area contributed by atoms with E-state index >= 15 is 0 Å². The molecule has 0 aliphatic heterocycles. The SMILES string of the molecule is C=C[C@](C)(O)CC[C@@H](O)C(C)(C)O. The van der Waals surface area contributed by atoms with E-state index in [1.54, 1.807) is 20.8 Å². The molecule has 3 N–H and O–H groups in total. The Morgan fingerprint density at radius 2 is 1.77 bits per heavy atom. The van der Waals surface area contributed by atoms with Crippen LogP contribution < -0.4 is 0 Å². The Balaban J connectivity index is 3.97. The van der Waals surface area contributed by atoms with Crippen LogP contribution in [0.25, 0.3) is 0 Å². The molecule has 0 unspecified atom stereocenters. The normalized spacial score (nSPS) is 19.2. The van der Waals surface area contributed by atoms with Gasteiger partial charge in [-0.25, -0.2) is 0 Å². The Bertz CT molecular complexity index is 167. The number of rotatable bonds is 5. The van der Waals surface area contributed by atoms with Gasteiger partial charge in [0.25, 0.3) is 0 Å². The summed E-state index contributed by atoms with van der Waals surface area (Å²) in [5.41, 5.74) is -2.08. The fourth-order valence-electron chi connectivity index (χ4n) is 0.884. The maximum absolute atomic E-state index is 9.53. The first-order chi connectivity index (χ1) is 5.69. The van der Waals surface area contributed by atoms with Crippen LogP contribution in [0.5, 0.6) is 0 Å². The van der Waals surface area contributed by atoms with Crippen molar-refractivity contribution >= 4 is 0 Å². The lowest BCUT2D eigenvalue weighted by molar-refractivity contribution is -0.0591. The summed E-state index contributed by atoms with van der Waals surface area (Å²) in [5, 5.41) is 28.4. The summed E-state index contributed by atoms with van der Waals surface area (Å²) in [6, 6.07) is 0. The van der Waals surface area contributed by atoms with Crippen molar-refractivity contribution in [3.8, 4) is 0 Å². The van der Waals surface area contributed by atoms with Crippen molar-refractivity contribution in [1.82, 2.24) is 0 Å². The largest absolute Gasteiger partial charge is 0.390 e. The molecule has 0 aliphatic rings. The second-order valence-corrected chi connectivity index (χ2v) is 4.27. The monoisotopic (exact) mass is 188 g/mol. The van der Waals surface area contributed by atoms with Crippen LogP contribution in [0.3, 0.4) is 0 Å². The molecule has 2 atom stereocenters. The van der Waals surface area contributed by atoms with Crippen LogP contribution in [0.2, 0.25) is 0 Å². The van der Waals surface area contributed by atoms with E-state index in [0.29, 0.717) is 12.8 Å². The summed E-state index contributed by atoms with van der Waals surface area (Å²) < 4.78 is 0. The standard InChI is InChI=1S/C10H20O3/c1-5-10(4,13)7-6-8(11)9(2,3)12/h5,8,11-13H,1,6-7H2,2-4H3/t8-,10+/m1/s1. The smallest absolute Gasteiger partial charge is 0.0849 e. The molecular weight excluding hydrogens is 168 g/mol. The lowest BCUT2D eigenvalue weighted by Crippen LogP contribution is -2.37. The van der Waals surface area contributed by atoms with Gasteiger partial charge in [-0.2, -0.15) is 0 Å². The van der Waals surface area contributed by atoms with Crippen LogP contribution in [0.1, 0.15) is 33.6 Å². The second kappa shape index (κ2) is 4.22. The van der Waals surface area contributed by atoms with E-state index in [-0.39, 0.29) is 0 Å². The van der Waals surface area contributed by atoms with Crippen LogP contribution >= 0.6 is 0 Å². The van der Waals surface area contributed by atoms with Crippen LogP contribution in [-0.2, 0) is 0 Å². The molecule has 13 heavy (non-hydrogen) atoms. The van der Waals surface area contributed by atoms with Gasteiger partial charge < -0.3 is 15.3 Å². The molecule has 0 radical (unpaired) electrons. The van der Waals surface area contributed by atoms with Crippen LogP contribution in [0, 0.1) is 0 Å². The molecule has 0 spiro atoms. The molecule has 0 aromatic rings. The van der Waals surface area contributed by atoms with Crippen molar-refractivity contribution in [3.05, 3.63) is 12.7 Å². The van der Waals surface area contributed by atoms with E-state index in [1.807, 2.05) is 0 Å². The van der Waals surface area contributed by atoms with Crippen LogP contribution in [0.15, 0.2) is 12.7 Å². The van der Waals surface area contributed by atoms with Gasteiger partial charge in [0.15, 0.2) is 0 Å². The number of aliphatic hydroxyl groups excluding tert-OH is 1. The average molecular weight is 188 g/mol. The average Bonchev–Trinajstić information content (AvgIpc) is 1.98. The predicted octanol–water partition coefficient (Wildman–Crippen LogP) is 0.835. The molecule has 0 aliphatic carbocycles.